The number of nitrogens with zero attached hydrogens (tertiary/aromatic N) is 1. The highest BCUT2D eigenvalue weighted by atomic mass is 16.6. The number of unbranched alkanes of at least 4 members (excludes halogenated alkanes) is 4. The van der Waals surface area contributed by atoms with E-state index in [4.69, 9.17) is 4.74 Å². The molecule has 0 aromatic rings. The van der Waals surface area contributed by atoms with Gasteiger partial charge in [-0.05, 0) is 52.4 Å². The van der Waals surface area contributed by atoms with Crippen molar-refractivity contribution in [3.8, 4) is 0 Å². The van der Waals surface area contributed by atoms with E-state index < -0.39 is 0 Å². The number of amides is 2. The topological polar surface area (TPSA) is 74.0 Å². The quantitative estimate of drug-likeness (QED) is 0.155. The maximum Gasteiger partial charge on any atom is 0.220 e. The van der Waals surface area contributed by atoms with Gasteiger partial charge >= 0.3 is 0 Å². The zero-order valence-electron chi connectivity index (χ0n) is 21.6. The lowest BCUT2D eigenvalue weighted by Crippen LogP contribution is -2.51. The van der Waals surface area contributed by atoms with Crippen LogP contribution in [0.15, 0.2) is 24.3 Å². The molecule has 1 aliphatic heterocycles. The van der Waals surface area contributed by atoms with Gasteiger partial charge in [-0.25, -0.2) is 0 Å². The fourth-order valence-electron chi connectivity index (χ4n) is 3.70. The molecule has 33 heavy (non-hydrogen) atoms. The lowest BCUT2D eigenvalue weighted by atomic mass is 10.1. The molecule has 1 fully saturated rings. The van der Waals surface area contributed by atoms with Gasteiger partial charge in [-0.1, -0.05) is 51.0 Å². The van der Waals surface area contributed by atoms with Crippen LogP contribution >= 0.6 is 0 Å². The van der Waals surface area contributed by atoms with Gasteiger partial charge in [-0.3, -0.25) is 14.5 Å². The Morgan fingerprint density at radius 1 is 0.848 bits per heavy atom. The minimum atomic E-state index is 0.113. The van der Waals surface area contributed by atoms with Crippen LogP contribution in [-0.2, 0) is 14.3 Å². The van der Waals surface area contributed by atoms with E-state index in [-0.39, 0.29) is 30.0 Å². The van der Waals surface area contributed by atoms with Crippen molar-refractivity contribution < 1.29 is 14.3 Å². The molecule has 0 bridgehead atoms. The Labute approximate surface area is 202 Å². The van der Waals surface area contributed by atoms with Gasteiger partial charge < -0.3 is 15.4 Å². The Balaban J connectivity index is 2.32. The molecule has 0 saturated carbocycles. The van der Waals surface area contributed by atoms with Crippen LogP contribution < -0.4 is 10.6 Å². The minimum Gasteiger partial charge on any atom is -0.372 e. The van der Waals surface area contributed by atoms with E-state index in [0.29, 0.717) is 25.9 Å². The predicted molar refractivity (Wildman–Crippen MR) is 137 cm³/mol. The molecule has 6 nitrogen and oxygen atoms in total. The molecule has 2 N–H and O–H groups in total. The summed E-state index contributed by atoms with van der Waals surface area (Å²) in [4.78, 5) is 26.8. The van der Waals surface area contributed by atoms with Crippen LogP contribution in [0.2, 0.25) is 0 Å². The van der Waals surface area contributed by atoms with E-state index in [9.17, 15) is 9.59 Å². The van der Waals surface area contributed by atoms with E-state index in [2.05, 4.69) is 67.5 Å². The molecule has 6 heteroatoms. The Hall–Kier alpha value is -1.66. The first-order valence-electron chi connectivity index (χ1n) is 13.2. The number of nitrogens with one attached hydrogen (secondary N) is 2. The molecule has 3 unspecified atom stereocenters. The normalized spacial score (nSPS) is 17.5. The summed E-state index contributed by atoms with van der Waals surface area (Å²) in [7, 11) is 0. The maximum absolute atomic E-state index is 12.2. The highest BCUT2D eigenvalue weighted by Gasteiger charge is 2.30. The molecule has 0 aromatic carbocycles. The molecule has 1 aliphatic rings. The van der Waals surface area contributed by atoms with E-state index in [1.54, 1.807) is 0 Å². The number of carbonyl (C=O) groups excluding carboxylic acids is 2. The molecule has 3 atom stereocenters. The number of epoxide rings is 1. The lowest BCUT2D eigenvalue weighted by Gasteiger charge is -2.34. The fraction of sp³-hybridized carbons (Fsp3) is 0.778. The van der Waals surface area contributed by atoms with Crippen molar-refractivity contribution >= 4 is 11.8 Å². The Kier molecular flexibility index (Phi) is 16.7. The number of carbonyl (C=O) groups is 2. The molecule has 0 aliphatic carbocycles. The Bertz CT molecular complexity index is 543. The number of hydrogen-bond donors (Lipinski definition) is 2. The Morgan fingerprint density at radius 3 is 1.67 bits per heavy atom. The van der Waals surface area contributed by atoms with Crippen molar-refractivity contribution in [2.45, 2.75) is 110 Å². The molecular formula is C27H49N3O3. The van der Waals surface area contributed by atoms with Gasteiger partial charge in [0.2, 0.25) is 11.8 Å². The van der Waals surface area contributed by atoms with Crippen LogP contribution in [0.4, 0.5) is 0 Å². The molecule has 190 valence electrons. The molecule has 2 amide bonds. The van der Waals surface area contributed by atoms with Crippen LogP contribution in [0.1, 0.15) is 91.9 Å². The molecule has 1 saturated heterocycles. The summed E-state index contributed by atoms with van der Waals surface area (Å²) in [5, 5.41) is 6.18. The number of allylic oxidation sites excluding steroid dienone is 4. The van der Waals surface area contributed by atoms with Gasteiger partial charge in [-0.2, -0.15) is 0 Å². The fourth-order valence-corrected chi connectivity index (χ4v) is 3.70. The third-order valence-electron chi connectivity index (χ3n) is 5.93. The van der Waals surface area contributed by atoms with E-state index in [1.807, 2.05) is 0 Å². The van der Waals surface area contributed by atoms with Gasteiger partial charge in [0.1, 0.15) is 0 Å². The monoisotopic (exact) mass is 463 g/mol. The Morgan fingerprint density at radius 2 is 1.27 bits per heavy atom. The first-order chi connectivity index (χ1) is 16.0. The minimum absolute atomic E-state index is 0.113. The highest BCUT2D eigenvalue weighted by Crippen LogP contribution is 2.15. The van der Waals surface area contributed by atoms with Crippen LogP contribution in [0.5, 0.6) is 0 Å². The van der Waals surface area contributed by atoms with Crippen LogP contribution in [-0.4, -0.2) is 61.1 Å². The maximum atomic E-state index is 12.2. The first kappa shape index (κ1) is 29.4. The van der Waals surface area contributed by atoms with Crippen molar-refractivity contribution in [1.82, 2.24) is 15.5 Å². The molecular weight excluding hydrogens is 414 g/mol. The van der Waals surface area contributed by atoms with Crippen molar-refractivity contribution in [3.05, 3.63) is 24.3 Å². The smallest absolute Gasteiger partial charge is 0.220 e. The molecule has 0 spiro atoms. The zero-order valence-corrected chi connectivity index (χ0v) is 21.6. The van der Waals surface area contributed by atoms with Gasteiger partial charge in [-0.15, -0.1) is 0 Å². The number of hydrogen-bond acceptors (Lipinski definition) is 4. The molecule has 1 rings (SSSR count). The second-order valence-corrected chi connectivity index (χ2v) is 9.26. The van der Waals surface area contributed by atoms with Crippen LogP contribution in [0.25, 0.3) is 0 Å². The number of ether oxygens (including phenoxy) is 1. The summed E-state index contributed by atoms with van der Waals surface area (Å²) in [5.74, 6) is 0.226. The molecule has 0 aromatic heterocycles. The third-order valence-corrected chi connectivity index (χ3v) is 5.93. The summed E-state index contributed by atoms with van der Waals surface area (Å²) in [6, 6.07) is 0.358. The molecule has 0 radical (unpaired) electrons. The average molecular weight is 464 g/mol. The second kappa shape index (κ2) is 18.7. The van der Waals surface area contributed by atoms with Crippen molar-refractivity contribution in [2.75, 3.05) is 26.2 Å². The summed E-state index contributed by atoms with van der Waals surface area (Å²) in [5.41, 5.74) is 0. The lowest BCUT2D eigenvalue weighted by molar-refractivity contribution is -0.121. The molecule has 1 heterocycles. The van der Waals surface area contributed by atoms with Crippen molar-refractivity contribution in [2.24, 2.45) is 0 Å². The van der Waals surface area contributed by atoms with Gasteiger partial charge in [0.25, 0.3) is 0 Å². The average Bonchev–Trinajstić information content (AvgIpc) is 3.63. The van der Waals surface area contributed by atoms with Gasteiger partial charge in [0.05, 0.1) is 12.7 Å². The summed E-state index contributed by atoms with van der Waals surface area (Å²) >= 11 is 0. The standard InChI is InChI=1S/C27H49N3O3/c1-5-7-9-11-13-15-17-26(31)28-19-23(3)30(21-25-22-33-25)24(4)20-29-27(32)18-16-14-12-10-8-6-2/h9-12,23-25H,5-8,13-22H2,1-4H3,(H,28,31)(H,29,32)/b11-9+,12-10+. The predicted octanol–water partition coefficient (Wildman–Crippen LogP) is 4.75. The summed E-state index contributed by atoms with van der Waals surface area (Å²) in [6.45, 7) is 11.5. The first-order valence-corrected chi connectivity index (χ1v) is 13.2. The van der Waals surface area contributed by atoms with E-state index in [1.165, 1.54) is 0 Å². The van der Waals surface area contributed by atoms with E-state index >= 15 is 0 Å². The highest BCUT2D eigenvalue weighted by molar-refractivity contribution is 5.76. The largest absolute Gasteiger partial charge is 0.372 e. The van der Waals surface area contributed by atoms with Crippen molar-refractivity contribution in [1.29, 1.82) is 0 Å². The van der Waals surface area contributed by atoms with Crippen LogP contribution in [0, 0.1) is 0 Å². The van der Waals surface area contributed by atoms with Crippen molar-refractivity contribution in [3.63, 3.8) is 0 Å². The SMILES string of the molecule is CCC/C=C/CCCC(=O)NCC(C)N(CC1CO1)C(C)CNC(=O)CCC/C=C/CCC. The summed E-state index contributed by atoms with van der Waals surface area (Å²) < 4.78 is 5.45. The van der Waals surface area contributed by atoms with Crippen LogP contribution in [0.3, 0.4) is 0 Å². The second-order valence-electron chi connectivity index (χ2n) is 9.26. The number of rotatable bonds is 20. The van der Waals surface area contributed by atoms with E-state index in [0.717, 1.165) is 64.5 Å². The summed E-state index contributed by atoms with van der Waals surface area (Å²) in [6.07, 6.45) is 18.4. The third kappa shape index (κ3) is 15.7. The van der Waals surface area contributed by atoms with Gasteiger partial charge in [0.15, 0.2) is 0 Å². The zero-order chi connectivity index (χ0) is 24.3. The van der Waals surface area contributed by atoms with Gasteiger partial charge in [0, 0.05) is 44.6 Å².